The van der Waals surface area contributed by atoms with Gasteiger partial charge in [-0.15, -0.1) is 0 Å². The number of esters is 1. The summed E-state index contributed by atoms with van der Waals surface area (Å²) in [7, 11) is -3.81. The number of nitriles is 1. The van der Waals surface area contributed by atoms with Gasteiger partial charge in [0.15, 0.2) is 5.25 Å². The highest BCUT2D eigenvalue weighted by molar-refractivity contribution is 7.90. The molecule has 0 bridgehead atoms. The Kier molecular flexibility index (Phi) is 5.72. The molecule has 1 aliphatic rings. The molecule has 2 atom stereocenters. The number of hydrogen-bond acceptors (Lipinski definition) is 6. The van der Waals surface area contributed by atoms with E-state index in [1.54, 1.807) is 19.9 Å². The summed E-state index contributed by atoms with van der Waals surface area (Å²) in [5, 5.41) is 10.8. The van der Waals surface area contributed by atoms with Crippen LogP contribution < -0.4 is 5.32 Å². The molecule has 7 nitrogen and oxygen atoms in total. The first kappa shape index (κ1) is 15.9. The summed E-state index contributed by atoms with van der Waals surface area (Å²) in [5.41, 5.74) is 0. The largest absolute Gasteiger partial charge is 0.465 e. The number of ether oxygens (including phenoxy) is 1. The van der Waals surface area contributed by atoms with Crippen molar-refractivity contribution in [3.8, 4) is 6.07 Å². The van der Waals surface area contributed by atoms with Crippen LogP contribution in [0.3, 0.4) is 0 Å². The second-order valence-corrected chi connectivity index (χ2v) is 6.22. The highest BCUT2D eigenvalue weighted by Gasteiger charge is 2.41. The third-order valence-electron chi connectivity index (χ3n) is 2.95. The van der Waals surface area contributed by atoms with Crippen molar-refractivity contribution in [2.24, 2.45) is 0 Å². The Labute approximate surface area is 113 Å². The number of carbonyl (C=O) groups excluding carboxylic acids is 1. The van der Waals surface area contributed by atoms with Gasteiger partial charge in [-0.2, -0.15) is 9.57 Å². The fourth-order valence-electron chi connectivity index (χ4n) is 1.96. The van der Waals surface area contributed by atoms with Crippen molar-refractivity contribution in [1.29, 1.82) is 5.26 Å². The number of piperazine rings is 1. The molecule has 108 valence electrons. The van der Waals surface area contributed by atoms with Crippen molar-refractivity contribution in [2.45, 2.75) is 31.6 Å². The Morgan fingerprint density at radius 1 is 1.58 bits per heavy atom. The third-order valence-corrected chi connectivity index (χ3v) is 5.20. The minimum Gasteiger partial charge on any atom is -0.465 e. The maximum atomic E-state index is 12.3. The fraction of sp³-hybridized carbons (Fsp3) is 0.818. The van der Waals surface area contributed by atoms with Crippen molar-refractivity contribution in [1.82, 2.24) is 9.62 Å². The lowest BCUT2D eigenvalue weighted by atomic mass is 10.2. The van der Waals surface area contributed by atoms with Crippen LogP contribution in [0, 0.1) is 11.3 Å². The van der Waals surface area contributed by atoms with Crippen LogP contribution >= 0.6 is 0 Å². The van der Waals surface area contributed by atoms with Gasteiger partial charge in [0, 0.05) is 19.6 Å². The van der Waals surface area contributed by atoms with E-state index in [2.05, 4.69) is 5.32 Å². The van der Waals surface area contributed by atoms with Gasteiger partial charge in [-0.3, -0.25) is 4.79 Å². The highest BCUT2D eigenvalue weighted by Crippen LogP contribution is 2.17. The van der Waals surface area contributed by atoms with E-state index >= 15 is 0 Å². The lowest BCUT2D eigenvalue weighted by Crippen LogP contribution is -2.58. The quantitative estimate of drug-likeness (QED) is 0.682. The number of carbonyl (C=O) groups is 1. The van der Waals surface area contributed by atoms with Crippen LogP contribution in [-0.2, 0) is 19.6 Å². The molecule has 0 aromatic rings. The van der Waals surface area contributed by atoms with Crippen LogP contribution in [0.2, 0.25) is 0 Å². The standard InChI is InChI=1S/C11H19N3O4S/c1-3-9(7-12)19(16,17)14-6-5-13-8-10(14)11(15)18-4-2/h9-10,13H,3-6,8H2,1-2H3. The van der Waals surface area contributed by atoms with Gasteiger partial charge in [0.2, 0.25) is 10.0 Å². The predicted octanol–water partition coefficient (Wildman–Crippen LogP) is -0.545. The molecule has 0 aliphatic carbocycles. The van der Waals surface area contributed by atoms with Gasteiger partial charge in [0.25, 0.3) is 0 Å². The topological polar surface area (TPSA) is 99.5 Å². The zero-order valence-corrected chi connectivity index (χ0v) is 11.9. The molecule has 1 N–H and O–H groups in total. The monoisotopic (exact) mass is 289 g/mol. The summed E-state index contributed by atoms with van der Waals surface area (Å²) in [5.74, 6) is -0.578. The van der Waals surface area contributed by atoms with Gasteiger partial charge in [-0.05, 0) is 13.3 Å². The average Bonchev–Trinajstić information content (AvgIpc) is 2.40. The summed E-state index contributed by atoms with van der Waals surface area (Å²) < 4.78 is 30.7. The van der Waals surface area contributed by atoms with E-state index in [0.717, 1.165) is 4.31 Å². The summed E-state index contributed by atoms with van der Waals surface area (Å²) in [6.45, 7) is 4.32. The second-order valence-electron chi connectivity index (χ2n) is 4.15. The number of sulfonamides is 1. The van der Waals surface area contributed by atoms with Crippen molar-refractivity contribution >= 4 is 16.0 Å². The molecule has 0 amide bonds. The number of nitrogens with zero attached hydrogens (tertiary/aromatic N) is 2. The Balaban J connectivity index is 3.00. The molecule has 0 spiro atoms. The van der Waals surface area contributed by atoms with E-state index in [9.17, 15) is 13.2 Å². The van der Waals surface area contributed by atoms with Crippen molar-refractivity contribution in [3.63, 3.8) is 0 Å². The molecule has 1 heterocycles. The van der Waals surface area contributed by atoms with Crippen LogP contribution in [0.1, 0.15) is 20.3 Å². The SMILES string of the molecule is CCOC(=O)C1CNCCN1S(=O)(=O)C(C#N)CC. The van der Waals surface area contributed by atoms with E-state index in [1.807, 2.05) is 0 Å². The minimum absolute atomic E-state index is 0.171. The number of rotatable bonds is 5. The van der Waals surface area contributed by atoms with Gasteiger partial charge in [0.05, 0.1) is 12.7 Å². The molecule has 1 fully saturated rings. The molecular weight excluding hydrogens is 270 g/mol. The molecule has 0 aromatic heterocycles. The molecular formula is C11H19N3O4S. The summed E-state index contributed by atoms with van der Waals surface area (Å²) in [6.07, 6.45) is 0.193. The molecule has 1 saturated heterocycles. The average molecular weight is 289 g/mol. The predicted molar refractivity (Wildman–Crippen MR) is 68.6 cm³/mol. The smallest absolute Gasteiger partial charge is 0.325 e. The van der Waals surface area contributed by atoms with Crippen molar-refractivity contribution in [2.75, 3.05) is 26.2 Å². The fourth-order valence-corrected chi connectivity index (χ4v) is 3.70. The Morgan fingerprint density at radius 2 is 2.26 bits per heavy atom. The van der Waals surface area contributed by atoms with Crippen LogP contribution in [-0.4, -0.2) is 56.2 Å². The molecule has 1 aliphatic heterocycles. The second kappa shape index (κ2) is 6.84. The normalized spacial score (nSPS) is 22.5. The van der Waals surface area contributed by atoms with Gasteiger partial charge in [0.1, 0.15) is 6.04 Å². The molecule has 8 heteroatoms. The first-order valence-corrected chi connectivity index (χ1v) is 7.76. The molecule has 0 saturated carbocycles. The summed E-state index contributed by atoms with van der Waals surface area (Å²) in [6, 6.07) is 0.891. The summed E-state index contributed by atoms with van der Waals surface area (Å²) in [4.78, 5) is 11.8. The molecule has 2 unspecified atom stereocenters. The zero-order valence-electron chi connectivity index (χ0n) is 11.1. The first-order chi connectivity index (χ1) is 8.98. The van der Waals surface area contributed by atoms with E-state index in [4.69, 9.17) is 10.00 Å². The van der Waals surface area contributed by atoms with E-state index < -0.39 is 27.3 Å². The van der Waals surface area contributed by atoms with Gasteiger partial charge < -0.3 is 10.1 Å². The lowest BCUT2D eigenvalue weighted by Gasteiger charge is -2.34. The van der Waals surface area contributed by atoms with Crippen molar-refractivity contribution < 1.29 is 17.9 Å². The number of nitrogens with one attached hydrogen (secondary N) is 1. The summed E-state index contributed by atoms with van der Waals surface area (Å²) >= 11 is 0. The van der Waals surface area contributed by atoms with E-state index in [0.29, 0.717) is 6.54 Å². The molecule has 0 aromatic carbocycles. The van der Waals surface area contributed by atoms with E-state index in [1.165, 1.54) is 0 Å². The molecule has 19 heavy (non-hydrogen) atoms. The molecule has 0 radical (unpaired) electrons. The Bertz CT molecular complexity index is 457. The van der Waals surface area contributed by atoms with Crippen molar-refractivity contribution in [3.05, 3.63) is 0 Å². The Hall–Kier alpha value is -1.17. The van der Waals surface area contributed by atoms with Gasteiger partial charge in [-0.1, -0.05) is 6.92 Å². The van der Waals surface area contributed by atoms with Crippen LogP contribution in [0.15, 0.2) is 0 Å². The zero-order chi connectivity index (χ0) is 14.5. The minimum atomic E-state index is -3.81. The first-order valence-electron chi connectivity index (χ1n) is 6.26. The highest BCUT2D eigenvalue weighted by atomic mass is 32.2. The molecule has 1 rings (SSSR count). The third kappa shape index (κ3) is 3.43. The maximum absolute atomic E-state index is 12.3. The van der Waals surface area contributed by atoms with E-state index in [-0.39, 0.29) is 26.1 Å². The Morgan fingerprint density at radius 3 is 2.79 bits per heavy atom. The van der Waals surface area contributed by atoms with Gasteiger partial charge in [-0.25, -0.2) is 8.42 Å². The van der Waals surface area contributed by atoms with Crippen LogP contribution in [0.25, 0.3) is 0 Å². The maximum Gasteiger partial charge on any atom is 0.325 e. The van der Waals surface area contributed by atoms with Gasteiger partial charge >= 0.3 is 5.97 Å². The van der Waals surface area contributed by atoms with Crippen LogP contribution in [0.5, 0.6) is 0 Å². The number of hydrogen-bond donors (Lipinski definition) is 1. The van der Waals surface area contributed by atoms with Crippen LogP contribution in [0.4, 0.5) is 0 Å². The lowest BCUT2D eigenvalue weighted by molar-refractivity contribution is -0.148.